The van der Waals surface area contributed by atoms with Crippen LogP contribution in [0.1, 0.15) is 57.1 Å². The van der Waals surface area contributed by atoms with Crippen molar-refractivity contribution in [2.45, 2.75) is 76.4 Å². The Hall–Kier alpha value is -3.56. The number of aryl methyl sites for hydroxylation is 1. The number of rotatable bonds is 12. The van der Waals surface area contributed by atoms with E-state index in [1.54, 1.807) is 38.1 Å². The van der Waals surface area contributed by atoms with E-state index in [0.717, 1.165) is 47.5 Å². The van der Waals surface area contributed by atoms with Gasteiger partial charge >= 0.3 is 0 Å². The smallest absolute Gasteiger partial charge is 0.264 e. The molecule has 0 aromatic heterocycles. The number of benzene rings is 3. The van der Waals surface area contributed by atoms with Gasteiger partial charge < -0.3 is 15.0 Å². The van der Waals surface area contributed by atoms with Crippen LogP contribution >= 0.6 is 11.6 Å². The second-order valence-electron chi connectivity index (χ2n) is 10.9. The van der Waals surface area contributed by atoms with E-state index in [1.165, 1.54) is 29.2 Å². The topological polar surface area (TPSA) is 96.0 Å². The first-order valence-electron chi connectivity index (χ1n) is 14.8. The molecule has 43 heavy (non-hydrogen) atoms. The number of halogens is 1. The summed E-state index contributed by atoms with van der Waals surface area (Å²) in [4.78, 5) is 29.1. The van der Waals surface area contributed by atoms with Crippen LogP contribution in [0.5, 0.6) is 5.75 Å². The van der Waals surface area contributed by atoms with Gasteiger partial charge in [0.25, 0.3) is 10.0 Å². The number of nitrogens with zero attached hydrogens (tertiary/aromatic N) is 2. The molecule has 1 saturated carbocycles. The van der Waals surface area contributed by atoms with Crippen molar-refractivity contribution in [1.29, 1.82) is 0 Å². The Morgan fingerprint density at radius 3 is 2.28 bits per heavy atom. The van der Waals surface area contributed by atoms with Crippen LogP contribution < -0.4 is 14.4 Å². The standard InChI is InChI=1S/C33H40ClN3O5S/c1-4-42-31-13-9-8-12-30(31)37(43(40,41)29-20-18-27(34)19-21-29)23-32(38)36(22-26-16-14-24(2)15-17-26)25(3)33(39)35-28-10-6-5-7-11-28/h8-9,12-21,25,28H,4-7,10-11,22-23H2,1-3H3,(H,35,39). The van der Waals surface area contributed by atoms with E-state index in [1.807, 2.05) is 31.2 Å². The third-order valence-electron chi connectivity index (χ3n) is 7.71. The molecule has 1 aliphatic rings. The zero-order valence-electron chi connectivity index (χ0n) is 25.0. The van der Waals surface area contributed by atoms with Crippen LogP contribution in [0.2, 0.25) is 5.02 Å². The highest BCUT2D eigenvalue weighted by molar-refractivity contribution is 7.92. The van der Waals surface area contributed by atoms with Gasteiger partial charge in [0.05, 0.1) is 17.2 Å². The van der Waals surface area contributed by atoms with Gasteiger partial charge in [0.1, 0.15) is 18.3 Å². The monoisotopic (exact) mass is 625 g/mol. The summed E-state index contributed by atoms with van der Waals surface area (Å²) in [7, 11) is -4.24. The molecule has 0 radical (unpaired) electrons. The summed E-state index contributed by atoms with van der Waals surface area (Å²) in [5.41, 5.74) is 2.12. The van der Waals surface area contributed by atoms with Crippen molar-refractivity contribution in [1.82, 2.24) is 10.2 Å². The molecule has 1 aliphatic carbocycles. The van der Waals surface area contributed by atoms with E-state index in [2.05, 4.69) is 5.32 Å². The number of para-hydroxylation sites is 2. The molecular weight excluding hydrogens is 586 g/mol. The van der Waals surface area contributed by atoms with Gasteiger partial charge in [0.2, 0.25) is 11.8 Å². The number of amides is 2. The van der Waals surface area contributed by atoms with E-state index in [4.69, 9.17) is 16.3 Å². The fourth-order valence-electron chi connectivity index (χ4n) is 5.23. The van der Waals surface area contributed by atoms with Crippen molar-refractivity contribution in [3.05, 3.63) is 88.9 Å². The number of anilines is 1. The van der Waals surface area contributed by atoms with Gasteiger partial charge in [-0.05, 0) is 75.6 Å². The predicted molar refractivity (Wildman–Crippen MR) is 170 cm³/mol. The SMILES string of the molecule is CCOc1ccccc1N(CC(=O)N(Cc1ccc(C)cc1)C(C)C(=O)NC1CCCCC1)S(=O)(=O)c1ccc(Cl)cc1. The molecule has 0 bridgehead atoms. The molecular formula is C33H40ClN3O5S. The Bertz CT molecular complexity index is 1490. The lowest BCUT2D eigenvalue weighted by molar-refractivity contribution is -0.139. The summed E-state index contributed by atoms with van der Waals surface area (Å²) >= 11 is 6.04. The van der Waals surface area contributed by atoms with Crippen LogP contribution in [-0.2, 0) is 26.2 Å². The average molecular weight is 626 g/mol. The predicted octanol–water partition coefficient (Wildman–Crippen LogP) is 6.11. The molecule has 8 nitrogen and oxygen atoms in total. The maximum absolute atomic E-state index is 14.2. The van der Waals surface area contributed by atoms with Gasteiger partial charge in [-0.2, -0.15) is 0 Å². The summed E-state index contributed by atoms with van der Waals surface area (Å²) in [6, 6.07) is 19.4. The molecule has 0 saturated heterocycles. The number of ether oxygens (including phenoxy) is 1. The zero-order valence-corrected chi connectivity index (χ0v) is 26.5. The summed E-state index contributed by atoms with van der Waals surface area (Å²) in [6.45, 7) is 5.37. The number of hydrogen-bond acceptors (Lipinski definition) is 5. The summed E-state index contributed by atoms with van der Waals surface area (Å²) in [5, 5.41) is 3.51. The molecule has 1 unspecified atom stereocenters. The highest BCUT2D eigenvalue weighted by atomic mass is 35.5. The molecule has 0 heterocycles. The van der Waals surface area contributed by atoms with E-state index >= 15 is 0 Å². The van der Waals surface area contributed by atoms with Crippen LogP contribution in [0, 0.1) is 6.92 Å². The second-order valence-corrected chi connectivity index (χ2v) is 13.2. The molecule has 230 valence electrons. The minimum absolute atomic E-state index is 0.0239. The third kappa shape index (κ3) is 8.30. The molecule has 3 aromatic rings. The summed E-state index contributed by atoms with van der Waals surface area (Å²) in [6.07, 6.45) is 5.09. The lowest BCUT2D eigenvalue weighted by atomic mass is 9.95. The van der Waals surface area contributed by atoms with Crippen LogP contribution in [0.3, 0.4) is 0 Å². The van der Waals surface area contributed by atoms with Gasteiger partial charge in [-0.25, -0.2) is 8.42 Å². The first kappa shape index (κ1) is 32.4. The maximum atomic E-state index is 14.2. The second kappa shape index (κ2) is 14.8. The van der Waals surface area contributed by atoms with Gasteiger partial charge in [-0.1, -0.05) is 72.8 Å². The molecule has 0 spiro atoms. The highest BCUT2D eigenvalue weighted by Gasteiger charge is 2.34. The number of hydrogen-bond donors (Lipinski definition) is 1. The Balaban J connectivity index is 1.71. The molecule has 1 N–H and O–H groups in total. The molecule has 0 aliphatic heterocycles. The maximum Gasteiger partial charge on any atom is 0.264 e. The van der Waals surface area contributed by atoms with E-state index in [0.29, 0.717) is 17.4 Å². The Morgan fingerprint density at radius 2 is 1.63 bits per heavy atom. The third-order valence-corrected chi connectivity index (χ3v) is 9.73. The minimum atomic E-state index is -4.24. The van der Waals surface area contributed by atoms with Gasteiger partial charge in [0, 0.05) is 17.6 Å². The van der Waals surface area contributed by atoms with Crippen molar-refractivity contribution in [3.63, 3.8) is 0 Å². The fraction of sp³-hybridized carbons (Fsp3) is 0.394. The van der Waals surface area contributed by atoms with Crippen molar-refractivity contribution >= 4 is 39.1 Å². The van der Waals surface area contributed by atoms with Gasteiger partial charge in [-0.15, -0.1) is 0 Å². The largest absolute Gasteiger partial charge is 0.492 e. The van der Waals surface area contributed by atoms with Crippen molar-refractivity contribution in [2.75, 3.05) is 17.5 Å². The number of carbonyl (C=O) groups is 2. The van der Waals surface area contributed by atoms with Crippen LogP contribution in [0.15, 0.2) is 77.7 Å². The van der Waals surface area contributed by atoms with Crippen molar-refractivity contribution < 1.29 is 22.7 Å². The summed E-state index contributed by atoms with van der Waals surface area (Å²) < 4.78 is 35.0. The Labute approximate surface area is 260 Å². The molecule has 3 aromatic carbocycles. The van der Waals surface area contributed by atoms with Gasteiger partial charge in [-0.3, -0.25) is 13.9 Å². The molecule has 10 heteroatoms. The average Bonchev–Trinajstić information content (AvgIpc) is 3.00. The number of sulfonamides is 1. The van der Waals surface area contributed by atoms with E-state index < -0.39 is 28.5 Å². The normalized spacial score (nSPS) is 14.5. The van der Waals surface area contributed by atoms with Crippen LogP contribution in [0.25, 0.3) is 0 Å². The lowest BCUT2D eigenvalue weighted by Gasteiger charge is -2.33. The quantitative estimate of drug-likeness (QED) is 0.262. The van der Waals surface area contributed by atoms with E-state index in [9.17, 15) is 18.0 Å². The Morgan fingerprint density at radius 1 is 0.977 bits per heavy atom. The molecule has 1 atom stereocenters. The summed E-state index contributed by atoms with van der Waals surface area (Å²) in [5.74, 6) is -0.451. The fourth-order valence-corrected chi connectivity index (χ4v) is 6.78. The first-order chi connectivity index (χ1) is 20.6. The van der Waals surface area contributed by atoms with Gasteiger partial charge in [0.15, 0.2) is 0 Å². The molecule has 2 amide bonds. The minimum Gasteiger partial charge on any atom is -0.492 e. The van der Waals surface area contributed by atoms with Crippen molar-refractivity contribution in [3.8, 4) is 5.75 Å². The van der Waals surface area contributed by atoms with E-state index in [-0.39, 0.29) is 29.1 Å². The number of carbonyl (C=O) groups excluding carboxylic acids is 2. The van der Waals surface area contributed by atoms with Crippen LogP contribution in [-0.4, -0.2) is 50.4 Å². The van der Waals surface area contributed by atoms with Crippen molar-refractivity contribution in [2.24, 2.45) is 0 Å². The Kier molecular flexibility index (Phi) is 11.1. The molecule has 4 rings (SSSR count). The van der Waals surface area contributed by atoms with Crippen LogP contribution in [0.4, 0.5) is 5.69 Å². The zero-order chi connectivity index (χ0) is 31.0. The number of nitrogens with one attached hydrogen (secondary N) is 1. The lowest BCUT2D eigenvalue weighted by Crippen LogP contribution is -2.53. The highest BCUT2D eigenvalue weighted by Crippen LogP contribution is 2.33. The molecule has 1 fully saturated rings. The first-order valence-corrected chi connectivity index (χ1v) is 16.6.